The van der Waals surface area contributed by atoms with Crippen molar-refractivity contribution >= 4 is 0 Å². The van der Waals surface area contributed by atoms with E-state index in [1.807, 2.05) is 0 Å². The van der Waals surface area contributed by atoms with Crippen molar-refractivity contribution in [2.45, 2.75) is 50.2 Å². The first kappa shape index (κ1) is 14.0. The molecule has 2 nitrogen and oxygen atoms in total. The molecule has 2 atom stereocenters. The lowest BCUT2D eigenvalue weighted by Crippen LogP contribution is -2.49. The first-order valence-corrected chi connectivity index (χ1v) is 7.41. The Morgan fingerprint density at radius 2 is 1.95 bits per heavy atom. The van der Waals surface area contributed by atoms with Crippen LogP contribution < -0.4 is 5.73 Å². The Morgan fingerprint density at radius 3 is 2.55 bits per heavy atom. The molecule has 1 heterocycles. The highest BCUT2D eigenvalue weighted by atomic mass is 19.1. The van der Waals surface area contributed by atoms with Gasteiger partial charge in [0.05, 0.1) is 5.60 Å². The first-order valence-electron chi connectivity index (χ1n) is 7.41. The van der Waals surface area contributed by atoms with Crippen molar-refractivity contribution in [1.82, 2.24) is 0 Å². The van der Waals surface area contributed by atoms with Crippen LogP contribution >= 0.6 is 0 Å². The zero-order chi connectivity index (χ0) is 14.2. The molecule has 1 saturated heterocycles. The monoisotopic (exact) mass is 281 g/mol. The smallest absolute Gasteiger partial charge is 0.126 e. The van der Waals surface area contributed by atoms with Crippen LogP contribution in [0.15, 0.2) is 18.2 Å². The van der Waals surface area contributed by atoms with Gasteiger partial charge in [0.1, 0.15) is 11.6 Å². The lowest BCUT2D eigenvalue weighted by atomic mass is 9.70. The van der Waals surface area contributed by atoms with Crippen LogP contribution in [0.1, 0.15) is 37.7 Å². The molecular weight excluding hydrogens is 260 g/mol. The third-order valence-electron chi connectivity index (χ3n) is 4.80. The molecule has 2 N–H and O–H groups in total. The van der Waals surface area contributed by atoms with Gasteiger partial charge in [-0.3, -0.25) is 0 Å². The molecule has 0 bridgehead atoms. The number of hydrogen-bond acceptors (Lipinski definition) is 2. The Labute approximate surface area is 118 Å². The minimum Gasteiger partial charge on any atom is -0.375 e. The van der Waals surface area contributed by atoms with Crippen molar-refractivity contribution in [2.24, 2.45) is 11.7 Å². The van der Waals surface area contributed by atoms with Gasteiger partial charge in [-0.05, 0) is 62.1 Å². The van der Waals surface area contributed by atoms with Gasteiger partial charge in [-0.1, -0.05) is 0 Å². The molecule has 3 rings (SSSR count). The summed E-state index contributed by atoms with van der Waals surface area (Å²) in [6.45, 7) is 0.760. The minimum absolute atomic E-state index is 0.0578. The normalized spacial score (nSPS) is 26.2. The Kier molecular flexibility index (Phi) is 3.78. The van der Waals surface area contributed by atoms with Crippen LogP contribution in [-0.2, 0) is 11.2 Å². The van der Waals surface area contributed by atoms with E-state index in [9.17, 15) is 8.78 Å². The molecule has 1 aliphatic heterocycles. The van der Waals surface area contributed by atoms with Gasteiger partial charge < -0.3 is 10.5 Å². The average Bonchev–Trinajstić information content (AvgIpc) is 2.36. The molecule has 1 aromatic rings. The second kappa shape index (κ2) is 5.41. The molecule has 20 heavy (non-hydrogen) atoms. The molecule has 1 spiro atoms. The molecular formula is C16H21F2NO. The zero-order valence-corrected chi connectivity index (χ0v) is 11.6. The third kappa shape index (κ3) is 2.86. The van der Waals surface area contributed by atoms with Crippen molar-refractivity contribution in [3.8, 4) is 0 Å². The number of rotatable bonds is 3. The SMILES string of the molecule is NC(Cc1cc(F)cc(F)c1)C1CCOC2(CCC2)C1. The van der Waals surface area contributed by atoms with Crippen molar-refractivity contribution in [2.75, 3.05) is 6.61 Å². The molecule has 4 heteroatoms. The fourth-order valence-electron chi connectivity index (χ4n) is 3.52. The van der Waals surface area contributed by atoms with Crippen molar-refractivity contribution in [1.29, 1.82) is 0 Å². The van der Waals surface area contributed by atoms with E-state index in [0.717, 1.165) is 38.4 Å². The maximum Gasteiger partial charge on any atom is 0.126 e. The molecule has 2 unspecified atom stereocenters. The van der Waals surface area contributed by atoms with E-state index in [0.29, 0.717) is 17.9 Å². The van der Waals surface area contributed by atoms with E-state index < -0.39 is 11.6 Å². The Bertz CT molecular complexity index is 467. The molecule has 0 radical (unpaired) electrons. The van der Waals surface area contributed by atoms with Gasteiger partial charge in [-0.2, -0.15) is 0 Å². The molecule has 1 aromatic carbocycles. The fourth-order valence-corrected chi connectivity index (χ4v) is 3.52. The van der Waals surface area contributed by atoms with Gasteiger partial charge in [-0.25, -0.2) is 8.78 Å². The van der Waals surface area contributed by atoms with Crippen LogP contribution in [0.5, 0.6) is 0 Å². The second-order valence-electron chi connectivity index (χ2n) is 6.28. The highest BCUT2D eigenvalue weighted by Gasteiger charge is 2.43. The summed E-state index contributed by atoms with van der Waals surface area (Å²) in [5, 5.41) is 0. The Hall–Kier alpha value is -1.00. The maximum atomic E-state index is 13.2. The molecule has 1 saturated carbocycles. The predicted molar refractivity (Wildman–Crippen MR) is 73.3 cm³/mol. The fraction of sp³-hybridized carbons (Fsp3) is 0.625. The highest BCUT2D eigenvalue weighted by molar-refractivity contribution is 5.19. The van der Waals surface area contributed by atoms with Crippen molar-refractivity contribution in [3.63, 3.8) is 0 Å². The van der Waals surface area contributed by atoms with E-state index in [2.05, 4.69) is 0 Å². The van der Waals surface area contributed by atoms with Crippen molar-refractivity contribution < 1.29 is 13.5 Å². The zero-order valence-electron chi connectivity index (χ0n) is 11.6. The standard InChI is InChI=1S/C16H21F2NO/c17-13-6-11(7-14(18)9-13)8-15(19)12-2-5-20-16(10-12)3-1-4-16/h6-7,9,12,15H,1-5,8,10,19H2. The van der Waals surface area contributed by atoms with E-state index in [-0.39, 0.29) is 11.6 Å². The molecule has 2 aliphatic rings. The number of ether oxygens (including phenoxy) is 1. The van der Waals surface area contributed by atoms with Gasteiger partial charge >= 0.3 is 0 Å². The summed E-state index contributed by atoms with van der Waals surface area (Å²) < 4.78 is 32.3. The highest BCUT2D eigenvalue weighted by Crippen LogP contribution is 2.45. The average molecular weight is 281 g/mol. The molecule has 2 fully saturated rings. The van der Waals surface area contributed by atoms with Gasteiger partial charge in [-0.15, -0.1) is 0 Å². The van der Waals surface area contributed by atoms with Crippen LogP contribution in [0.2, 0.25) is 0 Å². The quantitative estimate of drug-likeness (QED) is 0.923. The summed E-state index contributed by atoms with van der Waals surface area (Å²) in [6, 6.07) is 3.59. The van der Waals surface area contributed by atoms with Gasteiger partial charge in [0.15, 0.2) is 0 Å². The van der Waals surface area contributed by atoms with Crippen LogP contribution in [0.3, 0.4) is 0 Å². The third-order valence-corrected chi connectivity index (χ3v) is 4.80. The Balaban J connectivity index is 1.64. The molecule has 0 aromatic heterocycles. The number of halogens is 2. The predicted octanol–water partition coefficient (Wildman–Crippen LogP) is 3.18. The van der Waals surface area contributed by atoms with E-state index in [1.54, 1.807) is 0 Å². The summed E-state index contributed by atoms with van der Waals surface area (Å²) in [4.78, 5) is 0. The molecule has 0 amide bonds. The molecule has 110 valence electrons. The van der Waals surface area contributed by atoms with E-state index in [1.165, 1.54) is 18.6 Å². The number of nitrogens with two attached hydrogens (primary N) is 1. The number of benzene rings is 1. The lowest BCUT2D eigenvalue weighted by Gasteiger charge is -2.48. The van der Waals surface area contributed by atoms with Crippen molar-refractivity contribution in [3.05, 3.63) is 35.4 Å². The topological polar surface area (TPSA) is 35.2 Å². The van der Waals surface area contributed by atoms with E-state index in [4.69, 9.17) is 10.5 Å². The largest absolute Gasteiger partial charge is 0.375 e. The summed E-state index contributed by atoms with van der Waals surface area (Å²) in [5.41, 5.74) is 6.99. The molecule has 1 aliphatic carbocycles. The first-order chi connectivity index (χ1) is 9.56. The summed E-state index contributed by atoms with van der Waals surface area (Å²) in [5.74, 6) is -0.681. The van der Waals surface area contributed by atoms with E-state index >= 15 is 0 Å². The second-order valence-corrected chi connectivity index (χ2v) is 6.28. The minimum atomic E-state index is -0.533. The Morgan fingerprint density at radius 1 is 1.25 bits per heavy atom. The van der Waals surface area contributed by atoms with Crippen LogP contribution in [0.4, 0.5) is 8.78 Å². The van der Waals surface area contributed by atoms with Crippen LogP contribution in [-0.4, -0.2) is 18.2 Å². The van der Waals surface area contributed by atoms with Crippen LogP contribution in [0.25, 0.3) is 0 Å². The van der Waals surface area contributed by atoms with Gasteiger partial charge in [0, 0.05) is 18.7 Å². The number of hydrogen-bond donors (Lipinski definition) is 1. The maximum absolute atomic E-state index is 13.2. The summed E-state index contributed by atoms with van der Waals surface area (Å²) >= 11 is 0. The van der Waals surface area contributed by atoms with Crippen LogP contribution in [0, 0.1) is 17.6 Å². The lowest BCUT2D eigenvalue weighted by molar-refractivity contribution is -0.145. The van der Waals surface area contributed by atoms with Gasteiger partial charge in [0.25, 0.3) is 0 Å². The summed E-state index contributed by atoms with van der Waals surface area (Å²) in [7, 11) is 0. The van der Waals surface area contributed by atoms with Gasteiger partial charge in [0.2, 0.25) is 0 Å². The summed E-state index contributed by atoms with van der Waals surface area (Å²) in [6.07, 6.45) is 5.95.